The number of hydrogen-bond acceptors (Lipinski definition) is 3. The van der Waals surface area contributed by atoms with Gasteiger partial charge in [0, 0.05) is 18.4 Å². The summed E-state index contributed by atoms with van der Waals surface area (Å²) in [5, 5.41) is 2.82. The van der Waals surface area contributed by atoms with Gasteiger partial charge in [0.15, 0.2) is 0 Å². The second-order valence-corrected chi connectivity index (χ2v) is 5.12. The Bertz CT molecular complexity index is 771. The minimum atomic E-state index is -0.217. The predicted octanol–water partition coefficient (Wildman–Crippen LogP) is 4.10. The Kier molecular flexibility index (Phi) is 4.34. The highest BCUT2D eigenvalue weighted by Crippen LogP contribution is 2.22. The molecular weight excluding hydrogens is 286 g/mol. The van der Waals surface area contributed by atoms with Crippen LogP contribution in [0, 0.1) is 0 Å². The molecule has 0 bridgehead atoms. The molecule has 0 aliphatic carbocycles. The third kappa shape index (κ3) is 3.55. The topological polar surface area (TPSA) is 45.2 Å². The molecule has 0 atom stereocenters. The minimum absolute atomic E-state index is 0.217. The van der Waals surface area contributed by atoms with E-state index in [9.17, 15) is 4.79 Å². The summed E-state index contributed by atoms with van der Waals surface area (Å²) < 4.78 is 0. The number of rotatable bonds is 4. The van der Waals surface area contributed by atoms with E-state index >= 15 is 0 Å². The highest BCUT2D eigenvalue weighted by Gasteiger charge is 2.09. The smallest absolute Gasteiger partial charge is 0.274 e. The van der Waals surface area contributed by atoms with Gasteiger partial charge in [-0.1, -0.05) is 36.4 Å². The van der Waals surface area contributed by atoms with Gasteiger partial charge in [-0.3, -0.25) is 4.79 Å². The molecule has 3 rings (SSSR count). The lowest BCUT2D eigenvalue weighted by molar-refractivity contribution is 0.102. The SMILES string of the molecule is CN(c1ccccc1)c1ccc(C(=O)Nc2ccccc2)nc1. The van der Waals surface area contributed by atoms with Gasteiger partial charge in [0.25, 0.3) is 5.91 Å². The van der Waals surface area contributed by atoms with Crippen molar-refractivity contribution in [1.29, 1.82) is 0 Å². The van der Waals surface area contributed by atoms with E-state index in [-0.39, 0.29) is 5.91 Å². The van der Waals surface area contributed by atoms with Crippen molar-refractivity contribution in [1.82, 2.24) is 4.98 Å². The van der Waals surface area contributed by atoms with Crippen molar-refractivity contribution in [2.24, 2.45) is 0 Å². The van der Waals surface area contributed by atoms with Gasteiger partial charge in [0.1, 0.15) is 5.69 Å². The molecule has 2 aromatic carbocycles. The van der Waals surface area contributed by atoms with Crippen molar-refractivity contribution in [2.45, 2.75) is 0 Å². The van der Waals surface area contributed by atoms with Crippen LogP contribution < -0.4 is 10.2 Å². The summed E-state index contributed by atoms with van der Waals surface area (Å²) >= 11 is 0. The molecule has 3 aromatic rings. The van der Waals surface area contributed by atoms with Gasteiger partial charge in [-0.2, -0.15) is 0 Å². The number of hydrogen-bond donors (Lipinski definition) is 1. The molecule has 114 valence electrons. The van der Waals surface area contributed by atoms with Crippen LogP contribution in [-0.4, -0.2) is 17.9 Å². The van der Waals surface area contributed by atoms with Gasteiger partial charge in [0.05, 0.1) is 11.9 Å². The summed E-state index contributed by atoms with van der Waals surface area (Å²) in [5.41, 5.74) is 3.13. The average Bonchev–Trinajstić information content (AvgIpc) is 2.63. The van der Waals surface area contributed by atoms with E-state index in [4.69, 9.17) is 0 Å². The Labute approximate surface area is 135 Å². The largest absolute Gasteiger partial charge is 0.343 e. The number of carbonyl (C=O) groups excluding carboxylic acids is 1. The Morgan fingerprint density at radius 1 is 0.870 bits per heavy atom. The molecule has 1 N–H and O–H groups in total. The highest BCUT2D eigenvalue weighted by atomic mass is 16.1. The van der Waals surface area contributed by atoms with Gasteiger partial charge in [0.2, 0.25) is 0 Å². The maximum absolute atomic E-state index is 12.2. The van der Waals surface area contributed by atoms with Crippen LogP contribution in [-0.2, 0) is 0 Å². The van der Waals surface area contributed by atoms with Crippen LogP contribution in [0.4, 0.5) is 17.1 Å². The lowest BCUT2D eigenvalue weighted by Gasteiger charge is -2.19. The summed E-state index contributed by atoms with van der Waals surface area (Å²) in [5.74, 6) is -0.217. The zero-order valence-corrected chi connectivity index (χ0v) is 12.8. The van der Waals surface area contributed by atoms with E-state index in [0.717, 1.165) is 17.1 Å². The molecule has 0 saturated carbocycles. The maximum atomic E-state index is 12.2. The quantitative estimate of drug-likeness (QED) is 0.789. The molecule has 0 unspecified atom stereocenters. The van der Waals surface area contributed by atoms with Crippen molar-refractivity contribution in [3.8, 4) is 0 Å². The lowest BCUT2D eigenvalue weighted by atomic mass is 10.2. The summed E-state index contributed by atoms with van der Waals surface area (Å²) in [7, 11) is 1.97. The highest BCUT2D eigenvalue weighted by molar-refractivity contribution is 6.02. The van der Waals surface area contributed by atoms with Gasteiger partial charge in [-0.15, -0.1) is 0 Å². The molecular formula is C19H17N3O. The van der Waals surface area contributed by atoms with Crippen LogP contribution in [0.2, 0.25) is 0 Å². The Morgan fingerprint density at radius 3 is 2.13 bits per heavy atom. The van der Waals surface area contributed by atoms with Crippen molar-refractivity contribution in [2.75, 3.05) is 17.3 Å². The first-order valence-corrected chi connectivity index (χ1v) is 7.35. The third-order valence-corrected chi connectivity index (χ3v) is 3.54. The van der Waals surface area contributed by atoms with Crippen LogP contribution in [0.1, 0.15) is 10.5 Å². The summed E-state index contributed by atoms with van der Waals surface area (Å²) in [6, 6.07) is 23.0. The van der Waals surface area contributed by atoms with E-state index in [0.29, 0.717) is 5.69 Å². The zero-order chi connectivity index (χ0) is 16.1. The lowest BCUT2D eigenvalue weighted by Crippen LogP contribution is -2.15. The summed E-state index contributed by atoms with van der Waals surface area (Å²) in [4.78, 5) is 18.5. The molecule has 0 spiro atoms. The monoisotopic (exact) mass is 303 g/mol. The number of anilines is 3. The molecule has 1 heterocycles. The second kappa shape index (κ2) is 6.75. The molecule has 0 radical (unpaired) electrons. The van der Waals surface area contributed by atoms with Crippen molar-refractivity contribution < 1.29 is 4.79 Å². The second-order valence-electron chi connectivity index (χ2n) is 5.12. The number of aromatic nitrogens is 1. The molecule has 1 aromatic heterocycles. The standard InChI is InChI=1S/C19H17N3O/c1-22(16-10-6-3-7-11-16)17-12-13-18(20-14-17)19(23)21-15-8-4-2-5-9-15/h2-14H,1H3,(H,21,23). The van der Waals surface area contributed by atoms with Crippen molar-refractivity contribution in [3.05, 3.63) is 84.7 Å². The van der Waals surface area contributed by atoms with Gasteiger partial charge in [-0.05, 0) is 36.4 Å². The first-order chi connectivity index (χ1) is 11.2. The molecule has 0 aliphatic rings. The maximum Gasteiger partial charge on any atom is 0.274 e. The van der Waals surface area contributed by atoms with Crippen LogP contribution in [0.15, 0.2) is 79.0 Å². The molecule has 0 saturated heterocycles. The molecule has 23 heavy (non-hydrogen) atoms. The Balaban J connectivity index is 1.73. The van der Waals surface area contributed by atoms with E-state index in [1.165, 1.54) is 0 Å². The van der Waals surface area contributed by atoms with E-state index in [1.54, 1.807) is 12.3 Å². The molecule has 4 heteroatoms. The first-order valence-electron chi connectivity index (χ1n) is 7.35. The minimum Gasteiger partial charge on any atom is -0.343 e. The molecule has 0 aliphatic heterocycles. The van der Waals surface area contributed by atoms with E-state index in [2.05, 4.69) is 10.3 Å². The van der Waals surface area contributed by atoms with Gasteiger partial charge < -0.3 is 10.2 Å². The normalized spacial score (nSPS) is 10.1. The number of nitrogens with zero attached hydrogens (tertiary/aromatic N) is 2. The molecule has 1 amide bonds. The molecule has 4 nitrogen and oxygen atoms in total. The fraction of sp³-hybridized carbons (Fsp3) is 0.0526. The summed E-state index contributed by atoms with van der Waals surface area (Å²) in [6.07, 6.45) is 1.70. The van der Waals surface area contributed by atoms with E-state index < -0.39 is 0 Å². The number of amides is 1. The van der Waals surface area contributed by atoms with Crippen LogP contribution in [0.3, 0.4) is 0 Å². The zero-order valence-electron chi connectivity index (χ0n) is 12.8. The number of para-hydroxylation sites is 2. The predicted molar refractivity (Wildman–Crippen MR) is 93.1 cm³/mol. The number of nitrogens with one attached hydrogen (secondary N) is 1. The average molecular weight is 303 g/mol. The molecule has 0 fully saturated rings. The Hall–Kier alpha value is -3.14. The van der Waals surface area contributed by atoms with Crippen molar-refractivity contribution >= 4 is 23.0 Å². The fourth-order valence-electron chi connectivity index (χ4n) is 2.24. The Morgan fingerprint density at radius 2 is 1.52 bits per heavy atom. The summed E-state index contributed by atoms with van der Waals surface area (Å²) in [6.45, 7) is 0. The van der Waals surface area contributed by atoms with Crippen molar-refractivity contribution in [3.63, 3.8) is 0 Å². The number of benzene rings is 2. The van der Waals surface area contributed by atoms with Crippen LogP contribution in [0.25, 0.3) is 0 Å². The fourth-order valence-corrected chi connectivity index (χ4v) is 2.24. The number of carbonyl (C=O) groups is 1. The van der Waals surface area contributed by atoms with Gasteiger partial charge in [-0.25, -0.2) is 4.98 Å². The van der Waals surface area contributed by atoms with Crippen LogP contribution >= 0.6 is 0 Å². The first kappa shape index (κ1) is 14.8. The van der Waals surface area contributed by atoms with Crippen LogP contribution in [0.5, 0.6) is 0 Å². The third-order valence-electron chi connectivity index (χ3n) is 3.54. The van der Waals surface area contributed by atoms with E-state index in [1.807, 2.05) is 78.7 Å². The number of pyridine rings is 1. The van der Waals surface area contributed by atoms with Gasteiger partial charge >= 0.3 is 0 Å².